The summed E-state index contributed by atoms with van der Waals surface area (Å²) in [4.78, 5) is 29.3. The number of aromatic nitrogens is 1. The molecular weight excluding hydrogens is 368 g/mol. The van der Waals surface area contributed by atoms with Gasteiger partial charge in [0, 0.05) is 21.6 Å². The minimum absolute atomic E-state index is 0.366. The van der Waals surface area contributed by atoms with Gasteiger partial charge >= 0.3 is 5.97 Å². The molecule has 0 saturated carbocycles. The largest absolute Gasteiger partial charge is 0.444 e. The maximum atomic E-state index is 12.3. The molecule has 0 radical (unpaired) electrons. The van der Waals surface area contributed by atoms with Gasteiger partial charge in [-0.05, 0) is 24.3 Å². The van der Waals surface area contributed by atoms with Crippen molar-refractivity contribution >= 4 is 35.0 Å². The number of carbonyl (C=O) groups excluding carboxylic acids is 2. The zero-order valence-electron chi connectivity index (χ0n) is 13.7. The highest BCUT2D eigenvalue weighted by Crippen LogP contribution is 2.24. The molecule has 132 valence electrons. The summed E-state index contributed by atoms with van der Waals surface area (Å²) >= 11 is 3.20. The summed E-state index contributed by atoms with van der Waals surface area (Å²) in [5.41, 5.74) is 9.12. The molecule has 0 fully saturated rings. The maximum Gasteiger partial charge on any atom is 0.339 e. The van der Waals surface area contributed by atoms with E-state index in [0.717, 1.165) is 16.3 Å². The predicted octanol–water partition coefficient (Wildman–Crippen LogP) is 3.82. The number of nitrogens with zero attached hydrogens (tertiary/aromatic N) is 1. The lowest BCUT2D eigenvalue weighted by Crippen LogP contribution is -2.26. The zero-order chi connectivity index (χ0) is 18.4. The predicted molar refractivity (Wildman–Crippen MR) is 102 cm³/mol. The first kappa shape index (κ1) is 18.2. The second-order valence-corrected chi connectivity index (χ2v) is 7.16. The lowest BCUT2D eigenvalue weighted by Gasteiger charge is -2.15. The quantitative estimate of drug-likeness (QED) is 0.495. The van der Waals surface area contributed by atoms with Crippen LogP contribution in [0.5, 0.6) is 0 Å². The molecule has 7 heteroatoms. The van der Waals surface area contributed by atoms with Crippen molar-refractivity contribution in [2.45, 2.75) is 16.8 Å². The zero-order valence-corrected chi connectivity index (χ0v) is 15.3. The van der Waals surface area contributed by atoms with E-state index in [1.807, 2.05) is 23.6 Å². The van der Waals surface area contributed by atoms with Crippen molar-refractivity contribution in [3.05, 3.63) is 82.3 Å². The molecule has 2 N–H and O–H groups in total. The van der Waals surface area contributed by atoms with Crippen LogP contribution >= 0.6 is 23.1 Å². The monoisotopic (exact) mass is 384 g/mol. The third kappa shape index (κ3) is 4.71. The maximum absolute atomic E-state index is 12.3. The average Bonchev–Trinajstić information content (AvgIpc) is 3.19. The summed E-state index contributed by atoms with van der Waals surface area (Å²) in [6.07, 6.45) is -1.11. The van der Waals surface area contributed by atoms with E-state index in [0.29, 0.717) is 11.1 Å². The molecule has 5 nitrogen and oxygen atoms in total. The molecule has 0 aliphatic carbocycles. The van der Waals surface area contributed by atoms with Crippen LogP contribution in [0.25, 0.3) is 0 Å². The lowest BCUT2D eigenvalue weighted by molar-refractivity contribution is -0.127. The Morgan fingerprint density at radius 3 is 2.46 bits per heavy atom. The Kier molecular flexibility index (Phi) is 6.04. The fourth-order valence-corrected chi connectivity index (χ4v) is 3.71. The van der Waals surface area contributed by atoms with Gasteiger partial charge in [0.25, 0.3) is 5.91 Å². The van der Waals surface area contributed by atoms with Gasteiger partial charge in [-0.1, -0.05) is 30.3 Å². The van der Waals surface area contributed by atoms with Crippen molar-refractivity contribution in [3.8, 4) is 0 Å². The van der Waals surface area contributed by atoms with Gasteiger partial charge in [-0.2, -0.15) is 0 Å². The number of primary amides is 1. The molecule has 0 bridgehead atoms. The van der Waals surface area contributed by atoms with Gasteiger partial charge in [0.15, 0.2) is 0 Å². The minimum atomic E-state index is -1.11. The van der Waals surface area contributed by atoms with Crippen molar-refractivity contribution in [2.75, 3.05) is 0 Å². The molecule has 3 rings (SSSR count). The number of nitrogens with two attached hydrogens (primary N) is 1. The van der Waals surface area contributed by atoms with Crippen molar-refractivity contribution in [3.63, 3.8) is 0 Å². The molecule has 1 heterocycles. The van der Waals surface area contributed by atoms with Crippen molar-refractivity contribution in [2.24, 2.45) is 5.73 Å². The van der Waals surface area contributed by atoms with Gasteiger partial charge in [0.2, 0.25) is 6.10 Å². The number of thioether (sulfide) groups is 1. The second-order valence-electron chi connectivity index (χ2n) is 5.39. The Morgan fingerprint density at radius 1 is 1.12 bits per heavy atom. The topological polar surface area (TPSA) is 82.3 Å². The van der Waals surface area contributed by atoms with E-state index in [4.69, 9.17) is 10.5 Å². The van der Waals surface area contributed by atoms with E-state index >= 15 is 0 Å². The number of rotatable bonds is 7. The molecule has 0 aliphatic rings. The third-order valence-electron chi connectivity index (χ3n) is 3.55. The molecule has 0 saturated heterocycles. The van der Waals surface area contributed by atoms with Crippen molar-refractivity contribution in [1.29, 1.82) is 0 Å². The van der Waals surface area contributed by atoms with Crippen LogP contribution < -0.4 is 5.73 Å². The van der Waals surface area contributed by atoms with Crippen LogP contribution in [0.15, 0.2) is 70.4 Å². The number of benzene rings is 2. The first-order valence-corrected chi connectivity index (χ1v) is 9.71. The summed E-state index contributed by atoms with van der Waals surface area (Å²) in [6.45, 7) is 0. The van der Waals surface area contributed by atoms with E-state index in [9.17, 15) is 9.59 Å². The Hall–Kier alpha value is -2.64. The van der Waals surface area contributed by atoms with Crippen molar-refractivity contribution in [1.82, 2.24) is 4.98 Å². The third-order valence-corrected chi connectivity index (χ3v) is 5.23. The highest BCUT2D eigenvalue weighted by molar-refractivity contribution is 7.98. The Balaban J connectivity index is 1.64. The smallest absolute Gasteiger partial charge is 0.339 e. The van der Waals surface area contributed by atoms with E-state index < -0.39 is 18.0 Å². The summed E-state index contributed by atoms with van der Waals surface area (Å²) in [7, 11) is 0. The molecular formula is C19H16N2O3S2. The van der Waals surface area contributed by atoms with Crippen LogP contribution in [-0.4, -0.2) is 16.9 Å². The van der Waals surface area contributed by atoms with Crippen molar-refractivity contribution < 1.29 is 14.3 Å². The number of amides is 1. The van der Waals surface area contributed by atoms with Crippen LogP contribution in [-0.2, 0) is 15.3 Å². The van der Waals surface area contributed by atoms with E-state index in [2.05, 4.69) is 4.98 Å². The normalized spacial score (nSPS) is 11.7. The van der Waals surface area contributed by atoms with Gasteiger partial charge < -0.3 is 10.5 Å². The van der Waals surface area contributed by atoms with Crippen LogP contribution in [0.4, 0.5) is 0 Å². The number of ether oxygens (including phenoxy) is 1. The first-order valence-electron chi connectivity index (χ1n) is 7.78. The molecule has 1 amide bonds. The van der Waals surface area contributed by atoms with Gasteiger partial charge in [-0.25, -0.2) is 9.78 Å². The van der Waals surface area contributed by atoms with Crippen LogP contribution in [0.3, 0.4) is 0 Å². The number of hydrogen-bond acceptors (Lipinski definition) is 6. The van der Waals surface area contributed by atoms with E-state index in [1.165, 1.54) is 0 Å². The van der Waals surface area contributed by atoms with Crippen LogP contribution in [0.2, 0.25) is 0 Å². The fraction of sp³-hybridized carbons (Fsp3) is 0.105. The van der Waals surface area contributed by atoms with Gasteiger partial charge in [0.05, 0.1) is 16.8 Å². The summed E-state index contributed by atoms with van der Waals surface area (Å²) in [6, 6.07) is 15.8. The van der Waals surface area contributed by atoms with Crippen LogP contribution in [0.1, 0.15) is 27.7 Å². The fourth-order valence-electron chi connectivity index (χ4n) is 2.25. The lowest BCUT2D eigenvalue weighted by atomic mass is 10.1. The van der Waals surface area contributed by atoms with Gasteiger partial charge in [0.1, 0.15) is 0 Å². The summed E-state index contributed by atoms with van der Waals surface area (Å²) in [5, 5.41) is 2.01. The standard InChI is InChI=1S/C19H16N2O3S2/c20-18(22)17(13-4-2-1-3-5-13)24-19(23)14-6-8-16(9-7-14)26-11-15-10-25-12-21-15/h1-10,12,17H,11H2,(H2,20,22)/t17-/m1/s1. The SMILES string of the molecule is NC(=O)[C@H](OC(=O)c1ccc(SCc2cscn2)cc1)c1ccccc1. The molecule has 2 aromatic carbocycles. The molecule has 26 heavy (non-hydrogen) atoms. The second kappa shape index (κ2) is 8.64. The molecule has 1 aromatic heterocycles. The number of esters is 1. The average molecular weight is 384 g/mol. The molecule has 0 unspecified atom stereocenters. The Labute approximate surface area is 159 Å². The number of thiazole rings is 1. The summed E-state index contributed by atoms with van der Waals surface area (Å²) < 4.78 is 5.31. The highest BCUT2D eigenvalue weighted by atomic mass is 32.2. The molecule has 0 aliphatic heterocycles. The number of carbonyl (C=O) groups is 2. The molecule has 0 spiro atoms. The van der Waals surface area contributed by atoms with E-state index in [-0.39, 0.29) is 0 Å². The molecule has 3 aromatic rings. The Morgan fingerprint density at radius 2 is 1.85 bits per heavy atom. The minimum Gasteiger partial charge on any atom is -0.444 e. The highest BCUT2D eigenvalue weighted by Gasteiger charge is 2.23. The first-order chi connectivity index (χ1) is 12.6. The van der Waals surface area contributed by atoms with Gasteiger partial charge in [-0.15, -0.1) is 23.1 Å². The van der Waals surface area contributed by atoms with E-state index in [1.54, 1.807) is 65.0 Å². The van der Waals surface area contributed by atoms with Gasteiger partial charge in [-0.3, -0.25) is 4.79 Å². The number of hydrogen-bond donors (Lipinski definition) is 1. The summed E-state index contributed by atoms with van der Waals surface area (Å²) in [5.74, 6) is -0.529. The van der Waals surface area contributed by atoms with Crippen LogP contribution in [0, 0.1) is 0 Å². The molecule has 1 atom stereocenters. The Bertz CT molecular complexity index is 866.